The van der Waals surface area contributed by atoms with E-state index in [-0.39, 0.29) is 23.9 Å². The van der Waals surface area contributed by atoms with E-state index in [4.69, 9.17) is 16.6 Å². The lowest BCUT2D eigenvalue weighted by Crippen LogP contribution is -2.52. The number of urea groups is 1. The molecule has 0 aliphatic carbocycles. The quantitative estimate of drug-likeness (QED) is 0.627. The third-order valence-corrected chi connectivity index (χ3v) is 6.46. The number of halogens is 2. The molecule has 4 heterocycles. The van der Waals surface area contributed by atoms with Crippen molar-refractivity contribution in [2.75, 3.05) is 36.4 Å². The molecule has 2 aromatic heterocycles. The minimum Gasteiger partial charge on any atom is -0.349 e. The van der Waals surface area contributed by atoms with Crippen LogP contribution in [0.3, 0.4) is 0 Å². The molecule has 2 fully saturated rings. The summed E-state index contributed by atoms with van der Waals surface area (Å²) in [6.07, 6.45) is 5.25. The summed E-state index contributed by atoms with van der Waals surface area (Å²) in [4.78, 5) is 21.5. The number of anilines is 2. The Hall–Kier alpha value is -2.91. The van der Waals surface area contributed by atoms with Crippen LogP contribution in [-0.2, 0) is 0 Å². The van der Waals surface area contributed by atoms with Crippen LogP contribution in [0.1, 0.15) is 31.4 Å². The Morgan fingerprint density at radius 1 is 1.31 bits per heavy atom. The Morgan fingerprint density at radius 2 is 2.19 bits per heavy atom. The topological polar surface area (TPSA) is 77.8 Å². The molecule has 1 aromatic carbocycles. The van der Waals surface area contributed by atoms with Gasteiger partial charge in [-0.15, -0.1) is 0 Å². The van der Waals surface area contributed by atoms with Gasteiger partial charge in [0.2, 0.25) is 0 Å². The molecular weight excluding hydrogens is 433 g/mol. The Morgan fingerprint density at radius 3 is 3.03 bits per heavy atom. The summed E-state index contributed by atoms with van der Waals surface area (Å²) in [5, 5.41) is 11.2. The number of nitrogens with zero attached hydrogens (tertiary/aromatic N) is 5. The molecule has 10 heteroatoms. The van der Waals surface area contributed by atoms with E-state index in [1.807, 2.05) is 12.3 Å². The van der Waals surface area contributed by atoms with Crippen LogP contribution in [0.4, 0.5) is 20.7 Å². The number of nitrogens with one attached hydrogen (secondary N) is 2. The first kappa shape index (κ1) is 21.0. The first-order valence-corrected chi connectivity index (χ1v) is 11.2. The molecule has 0 radical (unpaired) electrons. The number of benzene rings is 1. The zero-order chi connectivity index (χ0) is 22.2. The van der Waals surface area contributed by atoms with Crippen molar-refractivity contribution in [3.8, 4) is 0 Å². The van der Waals surface area contributed by atoms with Crippen LogP contribution in [0.5, 0.6) is 0 Å². The Kier molecular flexibility index (Phi) is 5.60. The smallest absolute Gasteiger partial charge is 0.322 e. The van der Waals surface area contributed by atoms with Gasteiger partial charge in [-0.25, -0.2) is 18.7 Å². The predicted molar refractivity (Wildman–Crippen MR) is 122 cm³/mol. The third kappa shape index (κ3) is 3.98. The molecular formula is C22H25ClFN7O. The van der Waals surface area contributed by atoms with Crippen molar-refractivity contribution in [1.82, 2.24) is 24.8 Å². The van der Waals surface area contributed by atoms with Crippen LogP contribution in [0.15, 0.2) is 36.7 Å². The van der Waals surface area contributed by atoms with Crippen molar-refractivity contribution in [1.29, 1.82) is 0 Å². The van der Waals surface area contributed by atoms with E-state index in [1.54, 1.807) is 21.7 Å². The van der Waals surface area contributed by atoms with Gasteiger partial charge in [0.1, 0.15) is 17.3 Å². The molecule has 2 saturated heterocycles. The number of amides is 2. The second kappa shape index (κ2) is 8.55. The van der Waals surface area contributed by atoms with Gasteiger partial charge in [0, 0.05) is 43.4 Å². The molecule has 0 bridgehead atoms. The van der Waals surface area contributed by atoms with Gasteiger partial charge in [-0.1, -0.05) is 11.6 Å². The molecule has 2 N–H and O–H groups in total. The average Bonchev–Trinajstić information content (AvgIpc) is 3.42. The van der Waals surface area contributed by atoms with Crippen molar-refractivity contribution in [3.05, 3.63) is 53.1 Å². The Bertz CT molecular complexity index is 1150. The molecule has 2 aliphatic heterocycles. The summed E-state index contributed by atoms with van der Waals surface area (Å²) >= 11 is 6.39. The Balaban J connectivity index is 1.42. The Labute approximate surface area is 190 Å². The van der Waals surface area contributed by atoms with E-state index in [9.17, 15) is 9.18 Å². The zero-order valence-corrected chi connectivity index (χ0v) is 18.5. The molecule has 0 spiro atoms. The summed E-state index contributed by atoms with van der Waals surface area (Å²) in [5.41, 5.74) is 1.89. The van der Waals surface area contributed by atoms with Crippen LogP contribution in [0.2, 0.25) is 5.02 Å². The monoisotopic (exact) mass is 457 g/mol. The maximum Gasteiger partial charge on any atom is 0.322 e. The average molecular weight is 458 g/mol. The van der Waals surface area contributed by atoms with Crippen molar-refractivity contribution in [2.24, 2.45) is 0 Å². The summed E-state index contributed by atoms with van der Waals surface area (Å²) in [5.74, 6) is 0.440. The number of hydrogen-bond acceptors (Lipinski definition) is 5. The highest BCUT2D eigenvalue weighted by Gasteiger charge is 2.30. The number of fused-ring (bicyclic) bond motifs is 1. The van der Waals surface area contributed by atoms with Crippen LogP contribution >= 0.6 is 11.6 Å². The fourth-order valence-corrected chi connectivity index (χ4v) is 4.80. The molecule has 0 saturated carbocycles. The van der Waals surface area contributed by atoms with Gasteiger partial charge in [-0.3, -0.25) is 0 Å². The minimum absolute atomic E-state index is 0.0588. The van der Waals surface area contributed by atoms with Crippen molar-refractivity contribution >= 4 is 34.8 Å². The summed E-state index contributed by atoms with van der Waals surface area (Å²) in [7, 11) is 0. The third-order valence-electron chi connectivity index (χ3n) is 6.12. The van der Waals surface area contributed by atoms with E-state index in [0.29, 0.717) is 29.4 Å². The van der Waals surface area contributed by atoms with Crippen LogP contribution in [0.25, 0.3) is 5.65 Å². The first-order valence-electron chi connectivity index (χ1n) is 10.8. The number of carbonyl (C=O) groups excluding carboxylic acids is 1. The highest BCUT2D eigenvalue weighted by Crippen LogP contribution is 2.38. The van der Waals surface area contributed by atoms with Gasteiger partial charge in [-0.05, 0) is 49.6 Å². The van der Waals surface area contributed by atoms with Crippen molar-refractivity contribution in [2.45, 2.75) is 31.8 Å². The molecule has 32 heavy (non-hydrogen) atoms. The number of carbonyl (C=O) groups is 1. The summed E-state index contributed by atoms with van der Waals surface area (Å²) in [6, 6.07) is 6.39. The van der Waals surface area contributed by atoms with Gasteiger partial charge >= 0.3 is 6.03 Å². The van der Waals surface area contributed by atoms with Gasteiger partial charge in [0.05, 0.1) is 12.2 Å². The van der Waals surface area contributed by atoms with Crippen LogP contribution in [-0.4, -0.2) is 57.7 Å². The number of hydrogen-bond donors (Lipinski definition) is 2. The molecule has 0 unspecified atom stereocenters. The summed E-state index contributed by atoms with van der Waals surface area (Å²) in [6.45, 7) is 4.91. The van der Waals surface area contributed by atoms with Gasteiger partial charge in [0.25, 0.3) is 0 Å². The van der Waals surface area contributed by atoms with Crippen LogP contribution in [0, 0.1) is 5.82 Å². The molecule has 2 aliphatic rings. The minimum atomic E-state index is -0.303. The number of piperazine rings is 1. The van der Waals surface area contributed by atoms with E-state index in [1.165, 1.54) is 12.1 Å². The lowest BCUT2D eigenvalue weighted by Gasteiger charge is -2.31. The predicted octanol–water partition coefficient (Wildman–Crippen LogP) is 3.69. The van der Waals surface area contributed by atoms with E-state index < -0.39 is 0 Å². The molecule has 8 nitrogen and oxygen atoms in total. The zero-order valence-electron chi connectivity index (χ0n) is 17.8. The van der Waals surface area contributed by atoms with E-state index >= 15 is 0 Å². The second-order valence-electron chi connectivity index (χ2n) is 8.36. The number of aromatic nitrogens is 3. The maximum atomic E-state index is 13.9. The van der Waals surface area contributed by atoms with Gasteiger partial charge in [0.15, 0.2) is 5.65 Å². The molecule has 168 valence electrons. The fourth-order valence-electron chi connectivity index (χ4n) is 4.55. The van der Waals surface area contributed by atoms with E-state index in [2.05, 4.69) is 27.6 Å². The highest BCUT2D eigenvalue weighted by atomic mass is 35.5. The molecule has 2 atom stereocenters. The molecule has 2 amide bonds. The second-order valence-corrected chi connectivity index (χ2v) is 8.77. The SMILES string of the molecule is C[C@H]1CN(C(=O)Nc2cnn3ccc(N4CCC[C@@H]4c4cc(F)ccc4Cl)nc23)CCN1. The van der Waals surface area contributed by atoms with Gasteiger partial charge < -0.3 is 20.4 Å². The molecule has 3 aromatic rings. The van der Waals surface area contributed by atoms with Crippen molar-refractivity contribution in [3.63, 3.8) is 0 Å². The largest absolute Gasteiger partial charge is 0.349 e. The maximum absolute atomic E-state index is 13.9. The standard InChI is InChI=1S/C22H25ClFN7O/c1-14-13-29(10-7-25-14)22(32)27-18-12-26-31-9-6-20(28-21(18)31)30-8-2-3-19(30)16-11-15(24)4-5-17(16)23/h4-6,9,11-12,14,19,25H,2-3,7-8,10,13H2,1H3,(H,27,32)/t14-,19+/m0/s1. The van der Waals surface area contributed by atoms with Crippen molar-refractivity contribution < 1.29 is 9.18 Å². The lowest BCUT2D eigenvalue weighted by molar-refractivity contribution is 0.192. The summed E-state index contributed by atoms with van der Waals surface area (Å²) < 4.78 is 15.5. The van der Waals surface area contributed by atoms with Crippen LogP contribution < -0.4 is 15.5 Å². The van der Waals surface area contributed by atoms with E-state index in [0.717, 1.165) is 37.3 Å². The molecule has 5 rings (SSSR count). The number of rotatable bonds is 3. The normalized spacial score (nSPS) is 21.3. The fraction of sp³-hybridized carbons (Fsp3) is 0.409. The first-order chi connectivity index (χ1) is 15.5. The lowest BCUT2D eigenvalue weighted by atomic mass is 10.0. The highest BCUT2D eigenvalue weighted by molar-refractivity contribution is 6.31. The van der Waals surface area contributed by atoms with Gasteiger partial charge in [-0.2, -0.15) is 5.10 Å².